The van der Waals surface area contributed by atoms with Crippen molar-refractivity contribution in [1.29, 1.82) is 0 Å². The zero-order valence-corrected chi connectivity index (χ0v) is 36.8. The molecule has 0 amide bonds. The van der Waals surface area contributed by atoms with Gasteiger partial charge in [-0.15, -0.1) is 0 Å². The van der Waals surface area contributed by atoms with Gasteiger partial charge in [0.25, 0.3) is 0 Å². The van der Waals surface area contributed by atoms with E-state index in [4.69, 9.17) is 28.4 Å². The van der Waals surface area contributed by atoms with Crippen molar-refractivity contribution >= 4 is 5.97 Å². The Morgan fingerprint density at radius 2 is 1.70 bits per heavy atom. The number of esters is 1. The Hall–Kier alpha value is -1.05. The Morgan fingerprint density at radius 1 is 1.05 bits per heavy atom. The molecule has 7 N–H and O–H groups in total. The first-order valence-corrected chi connectivity index (χ1v) is 20.9. The Morgan fingerprint density at radius 3 is 2.27 bits per heavy atom. The van der Waals surface area contributed by atoms with E-state index in [0.29, 0.717) is 19.5 Å². The van der Waals surface area contributed by atoms with Crippen LogP contribution in [0.5, 0.6) is 0 Å². The average molecular weight is 806 g/mol. The lowest BCUT2D eigenvalue weighted by molar-refractivity contribution is -0.336. The first-order chi connectivity index (χ1) is 25.9. The number of nitrogens with one attached hydrogen (secondary N) is 2. The second kappa shape index (κ2) is 20.0. The lowest BCUT2D eigenvalue weighted by atomic mass is 9.75. The van der Waals surface area contributed by atoms with Crippen LogP contribution in [0, 0.1) is 17.8 Å². The van der Waals surface area contributed by atoms with Gasteiger partial charge >= 0.3 is 5.97 Å². The molecular weight excluding hydrogens is 726 g/mol. The number of ether oxygens (including phenoxy) is 6. The average Bonchev–Trinajstić information content (AvgIpc) is 3.12. The van der Waals surface area contributed by atoms with Crippen molar-refractivity contribution in [2.45, 2.75) is 198 Å². The third kappa shape index (κ3) is 11.0. The molecule has 3 fully saturated rings. The second-order valence-electron chi connectivity index (χ2n) is 18.2. The van der Waals surface area contributed by atoms with Gasteiger partial charge in [-0.05, 0) is 107 Å². The maximum absolute atomic E-state index is 14.5. The predicted octanol–water partition coefficient (Wildman–Crippen LogP) is 1.93. The lowest BCUT2D eigenvalue weighted by Crippen LogP contribution is -2.70. The van der Waals surface area contributed by atoms with Gasteiger partial charge in [0.05, 0.1) is 42.0 Å². The van der Waals surface area contributed by atoms with Crippen LogP contribution in [0.3, 0.4) is 0 Å². The zero-order chi connectivity index (χ0) is 42.6. The maximum atomic E-state index is 14.5. The summed E-state index contributed by atoms with van der Waals surface area (Å²) in [5.74, 6) is -2.67. The predicted molar refractivity (Wildman–Crippen MR) is 212 cm³/mol. The molecule has 0 aromatic heterocycles. The van der Waals surface area contributed by atoms with Crippen LogP contribution in [0.25, 0.3) is 0 Å². The summed E-state index contributed by atoms with van der Waals surface area (Å²) in [6.07, 6.45) is -6.62. The number of hydrogen-bond acceptors (Lipinski definition) is 15. The molecule has 3 saturated heterocycles. The molecule has 18 atom stereocenters. The van der Waals surface area contributed by atoms with E-state index in [0.717, 1.165) is 6.42 Å². The normalized spacial score (nSPS) is 45.2. The highest BCUT2D eigenvalue weighted by Crippen LogP contribution is 2.43. The molecule has 0 aliphatic carbocycles. The van der Waals surface area contributed by atoms with E-state index >= 15 is 0 Å². The molecule has 0 aromatic rings. The van der Waals surface area contributed by atoms with Gasteiger partial charge in [0, 0.05) is 38.1 Å². The van der Waals surface area contributed by atoms with E-state index in [1.54, 1.807) is 34.6 Å². The van der Waals surface area contributed by atoms with Crippen LogP contribution in [0.15, 0.2) is 0 Å². The van der Waals surface area contributed by atoms with Crippen LogP contribution in [0.1, 0.15) is 108 Å². The molecule has 3 rings (SSSR count). The van der Waals surface area contributed by atoms with Crippen molar-refractivity contribution < 1.29 is 58.7 Å². The van der Waals surface area contributed by atoms with Gasteiger partial charge in [-0.2, -0.15) is 0 Å². The van der Waals surface area contributed by atoms with E-state index < -0.39 is 95.5 Å². The van der Waals surface area contributed by atoms with E-state index in [1.807, 2.05) is 53.6 Å². The molecule has 0 spiro atoms. The minimum absolute atomic E-state index is 0.0928. The summed E-state index contributed by atoms with van der Waals surface area (Å²) in [6, 6.07) is -0.875. The number of rotatable bonds is 13. The van der Waals surface area contributed by atoms with Crippen molar-refractivity contribution in [3.05, 3.63) is 0 Å². The quantitative estimate of drug-likeness (QED) is 0.105. The number of aliphatic hydroxyl groups is 5. The van der Waals surface area contributed by atoms with E-state index in [9.17, 15) is 30.3 Å². The molecule has 330 valence electrons. The number of hydrogen-bond donors (Lipinski definition) is 7. The minimum atomic E-state index is -1.81. The van der Waals surface area contributed by atoms with Crippen LogP contribution in [0.2, 0.25) is 0 Å². The van der Waals surface area contributed by atoms with Crippen molar-refractivity contribution in [1.82, 2.24) is 15.5 Å². The summed E-state index contributed by atoms with van der Waals surface area (Å²) in [4.78, 5) is 16.4. The molecule has 0 radical (unpaired) electrons. The number of aliphatic hydroxyl groups excluding tert-OH is 2. The van der Waals surface area contributed by atoms with Crippen molar-refractivity contribution in [3.8, 4) is 0 Å². The van der Waals surface area contributed by atoms with Crippen LogP contribution in [0.4, 0.5) is 0 Å². The monoisotopic (exact) mass is 806 g/mol. The first kappa shape index (κ1) is 49.3. The summed E-state index contributed by atoms with van der Waals surface area (Å²) in [5.41, 5.74) is -5.93. The first-order valence-electron chi connectivity index (χ1n) is 20.9. The topological polar surface area (TPSA) is 201 Å². The number of methoxy groups -OCH3 is 1. The molecule has 15 heteroatoms. The Kier molecular flexibility index (Phi) is 17.6. The molecule has 3 heterocycles. The molecule has 1 unspecified atom stereocenters. The lowest BCUT2D eigenvalue weighted by Gasteiger charge is -2.53. The molecule has 56 heavy (non-hydrogen) atoms. The van der Waals surface area contributed by atoms with Gasteiger partial charge in [0.1, 0.15) is 29.0 Å². The van der Waals surface area contributed by atoms with Gasteiger partial charge < -0.3 is 69.5 Å². The smallest absolute Gasteiger partial charge is 0.311 e. The highest BCUT2D eigenvalue weighted by molar-refractivity contribution is 5.73. The van der Waals surface area contributed by atoms with E-state index in [1.165, 1.54) is 14.0 Å². The van der Waals surface area contributed by atoms with Crippen LogP contribution in [-0.4, -0.2) is 167 Å². The Bertz CT molecular complexity index is 1230. The van der Waals surface area contributed by atoms with Crippen molar-refractivity contribution in [2.75, 3.05) is 40.8 Å². The van der Waals surface area contributed by atoms with Gasteiger partial charge in [0.2, 0.25) is 0 Å². The molecular formula is C41H79N3O12. The fraction of sp³-hybridized carbons (Fsp3) is 0.976. The number of nitrogens with zero attached hydrogens (tertiary/aromatic N) is 1. The summed E-state index contributed by atoms with van der Waals surface area (Å²) in [6.45, 7) is 20.9. The Labute approximate surface area is 336 Å². The Balaban J connectivity index is 2.16. The highest BCUT2D eigenvalue weighted by atomic mass is 16.7. The van der Waals surface area contributed by atoms with Gasteiger partial charge in [-0.25, -0.2) is 0 Å². The van der Waals surface area contributed by atoms with Gasteiger partial charge in [-0.1, -0.05) is 27.7 Å². The third-order valence-electron chi connectivity index (χ3n) is 13.0. The minimum Gasteiger partial charge on any atom is -0.457 e. The van der Waals surface area contributed by atoms with Gasteiger partial charge in [0.15, 0.2) is 12.6 Å². The summed E-state index contributed by atoms with van der Waals surface area (Å²) < 4.78 is 38.4. The maximum Gasteiger partial charge on any atom is 0.311 e. The van der Waals surface area contributed by atoms with Crippen LogP contribution < -0.4 is 10.6 Å². The summed E-state index contributed by atoms with van der Waals surface area (Å²) in [5, 5.41) is 65.4. The van der Waals surface area contributed by atoms with E-state index in [2.05, 4.69) is 10.6 Å². The molecule has 0 bridgehead atoms. The SMILES string of the molecule is CCCNC[C@]1(O)[C@H](C)O[C@@H](OC2[C@@H](C)C(=O)O[C@@H]([C@](C)(O)[C@H](O)CC)[C@@H](C)NC[C@H](C)C[C@@](C)(O)[C@H](O[C@@H]3O[C@H](C)C[C@H](N(C)C)[C@H]3O)[C@H]2C)C[C@@]1(C)OC. The number of carbonyl (C=O) groups excluding carboxylic acids is 1. The summed E-state index contributed by atoms with van der Waals surface area (Å²) in [7, 11) is 5.31. The number of cyclic esters (lactones) is 1. The van der Waals surface area contributed by atoms with Crippen LogP contribution in [-0.2, 0) is 33.2 Å². The zero-order valence-electron chi connectivity index (χ0n) is 36.8. The highest BCUT2D eigenvalue weighted by Gasteiger charge is 2.58. The molecule has 3 aliphatic heterocycles. The second-order valence-corrected chi connectivity index (χ2v) is 18.2. The molecule has 3 aliphatic rings. The molecule has 0 aromatic carbocycles. The fourth-order valence-corrected chi connectivity index (χ4v) is 9.21. The third-order valence-corrected chi connectivity index (χ3v) is 13.0. The van der Waals surface area contributed by atoms with Crippen LogP contribution >= 0.6 is 0 Å². The van der Waals surface area contributed by atoms with Crippen molar-refractivity contribution in [3.63, 3.8) is 0 Å². The molecule has 15 nitrogen and oxygen atoms in total. The number of likely N-dealkylation sites (N-methyl/N-ethyl adjacent to an activating group) is 1. The largest absolute Gasteiger partial charge is 0.457 e. The summed E-state index contributed by atoms with van der Waals surface area (Å²) >= 11 is 0. The van der Waals surface area contributed by atoms with Gasteiger partial charge in [-0.3, -0.25) is 4.79 Å². The standard InChI is InChI=1S/C41H79N3O12/c1-15-17-42-22-41(50)28(8)53-31(20-39(41,10)51-14)54-33-25(5)34(56-37-32(46)29(44(12)13)18-24(4)52-37)38(9,48)19-23(3)21-43-27(7)35(55-36(47)26(33)6)40(11,49)30(45)16-2/h23-35,37,42-43,45-46,48-50H,15-22H2,1-14H3/t23-,24-,25+,26-,27-,28+,29+,30-,31+,32-,33?,34-,35-,37+,38-,39-,40-,41+/m1/s1. The number of carbonyl (C=O) groups is 1. The van der Waals surface area contributed by atoms with Crippen molar-refractivity contribution in [2.24, 2.45) is 17.8 Å². The fourth-order valence-electron chi connectivity index (χ4n) is 9.21. The molecule has 0 saturated carbocycles. The van der Waals surface area contributed by atoms with E-state index in [-0.39, 0.29) is 43.9 Å².